The highest BCUT2D eigenvalue weighted by molar-refractivity contribution is 8.14. The maximum atomic E-state index is 11.1. The van der Waals surface area contributed by atoms with Crippen LogP contribution in [-0.2, 0) is 6.42 Å². The maximum Gasteiger partial charge on any atom is 0.269 e. The predicted molar refractivity (Wildman–Crippen MR) is 185 cm³/mol. The average molecular weight is 667 g/mol. The van der Waals surface area contributed by atoms with E-state index in [1.165, 1.54) is 47.8 Å². The molecule has 14 heteroatoms. The summed E-state index contributed by atoms with van der Waals surface area (Å²) in [5.74, 6) is 0.174. The van der Waals surface area contributed by atoms with Gasteiger partial charge >= 0.3 is 0 Å². The molecule has 2 aliphatic heterocycles. The maximum absolute atomic E-state index is 11.1. The molecule has 0 fully saturated rings. The number of nitrogens with zero attached hydrogens (tertiary/aromatic N) is 4. The molecule has 0 radical (unpaired) electrons. The van der Waals surface area contributed by atoms with Gasteiger partial charge in [0, 0.05) is 46.5 Å². The third-order valence-corrected chi connectivity index (χ3v) is 9.48. The Morgan fingerprint density at radius 1 is 0.638 bits per heavy atom. The number of nitrogens with two attached hydrogens (primary N) is 2. The van der Waals surface area contributed by atoms with Crippen LogP contribution in [0.25, 0.3) is 11.4 Å². The van der Waals surface area contributed by atoms with Gasteiger partial charge in [-0.2, -0.15) is 0 Å². The first-order chi connectivity index (χ1) is 22.5. The molecule has 2 unspecified atom stereocenters. The number of nitro benzene ring substituents is 2. The number of phenols is 2. The highest BCUT2D eigenvalue weighted by Gasteiger charge is 2.24. The molecule has 6 N–H and O–H groups in total. The molecule has 12 nitrogen and oxygen atoms in total. The zero-order valence-corrected chi connectivity index (χ0v) is 26.0. The van der Waals surface area contributed by atoms with Gasteiger partial charge in [0.2, 0.25) is 0 Å². The largest absolute Gasteiger partial charge is 0.508 e. The fraction of sp³-hybridized carbons (Fsp3) is 0.0909. The third kappa shape index (κ3) is 6.98. The molecular weight excluding hydrogens is 641 g/mol. The van der Waals surface area contributed by atoms with E-state index >= 15 is 0 Å². The van der Waals surface area contributed by atoms with Crippen LogP contribution in [0.4, 0.5) is 11.4 Å². The number of hydrogen-bond donors (Lipinski definition) is 4. The van der Waals surface area contributed by atoms with Crippen molar-refractivity contribution in [2.45, 2.75) is 16.9 Å². The van der Waals surface area contributed by atoms with Crippen LogP contribution >= 0.6 is 23.5 Å². The van der Waals surface area contributed by atoms with Gasteiger partial charge in [-0.05, 0) is 66.1 Å². The minimum Gasteiger partial charge on any atom is -0.508 e. The second-order valence-electron chi connectivity index (χ2n) is 10.7. The molecule has 0 aromatic heterocycles. The predicted octanol–water partition coefficient (Wildman–Crippen LogP) is 6.79. The molecule has 0 amide bonds. The Bertz CT molecular complexity index is 1880. The minimum atomic E-state index is -0.469. The van der Waals surface area contributed by atoms with Gasteiger partial charge in [0.25, 0.3) is 11.4 Å². The zero-order chi connectivity index (χ0) is 33.2. The van der Waals surface area contributed by atoms with E-state index in [1.54, 1.807) is 36.4 Å². The monoisotopic (exact) mass is 666 g/mol. The fourth-order valence-electron chi connectivity index (χ4n) is 5.23. The van der Waals surface area contributed by atoms with E-state index in [2.05, 4.69) is 9.98 Å². The van der Waals surface area contributed by atoms with E-state index in [-0.39, 0.29) is 33.4 Å². The summed E-state index contributed by atoms with van der Waals surface area (Å²) in [5, 5.41) is 43.7. The number of amidine groups is 2. The number of nitro groups is 2. The van der Waals surface area contributed by atoms with Crippen molar-refractivity contribution in [1.29, 1.82) is 0 Å². The second kappa shape index (κ2) is 13.0. The Morgan fingerprint density at radius 2 is 1.02 bits per heavy atom. The molecule has 236 valence electrons. The molecule has 47 heavy (non-hydrogen) atoms. The number of hydrogen-bond acceptors (Lipinski definition) is 12. The van der Waals surface area contributed by atoms with Crippen molar-refractivity contribution in [3.05, 3.63) is 151 Å². The first-order valence-electron chi connectivity index (χ1n) is 14.1. The van der Waals surface area contributed by atoms with Crippen molar-refractivity contribution in [3.63, 3.8) is 0 Å². The van der Waals surface area contributed by atoms with Crippen molar-refractivity contribution < 1.29 is 20.1 Å². The lowest BCUT2D eigenvalue weighted by atomic mass is 9.97. The topological polar surface area (TPSA) is 204 Å². The normalized spacial score (nSPS) is 17.6. The Labute approximate surface area is 276 Å². The number of thioether (sulfide) groups is 2. The molecule has 0 saturated heterocycles. The van der Waals surface area contributed by atoms with Gasteiger partial charge in [-0.25, -0.2) is 9.98 Å². The number of non-ortho nitro benzene ring substituents is 2. The molecule has 4 aromatic rings. The van der Waals surface area contributed by atoms with Crippen molar-refractivity contribution in [2.24, 2.45) is 21.5 Å². The fourth-order valence-corrected chi connectivity index (χ4v) is 7.08. The van der Waals surface area contributed by atoms with E-state index in [0.717, 1.165) is 11.1 Å². The summed E-state index contributed by atoms with van der Waals surface area (Å²) >= 11 is 2.57. The third-order valence-electron chi connectivity index (χ3n) is 7.53. The summed E-state index contributed by atoms with van der Waals surface area (Å²) in [7, 11) is 0. The van der Waals surface area contributed by atoms with E-state index in [0.29, 0.717) is 50.4 Å². The van der Waals surface area contributed by atoms with E-state index in [4.69, 9.17) is 11.5 Å². The van der Waals surface area contributed by atoms with Crippen LogP contribution in [-0.4, -0.2) is 30.4 Å². The molecule has 6 rings (SSSR count). The number of phenolic OH excluding ortho intramolecular Hbond substituents is 2. The first-order valence-corrected chi connectivity index (χ1v) is 15.9. The Morgan fingerprint density at radius 3 is 1.38 bits per heavy atom. The lowest BCUT2D eigenvalue weighted by Gasteiger charge is -2.21. The van der Waals surface area contributed by atoms with E-state index in [1.807, 2.05) is 36.4 Å². The Hall–Kier alpha value is -5.60. The zero-order valence-electron chi connectivity index (χ0n) is 24.4. The number of rotatable bonds is 8. The molecule has 2 atom stereocenters. The number of aliphatic imine (C=N–C) groups is 2. The van der Waals surface area contributed by atoms with Crippen LogP contribution in [0, 0.1) is 20.2 Å². The van der Waals surface area contributed by atoms with Gasteiger partial charge < -0.3 is 21.7 Å². The molecule has 0 spiro atoms. The van der Waals surface area contributed by atoms with Gasteiger partial charge in [-0.1, -0.05) is 47.8 Å². The summed E-state index contributed by atoms with van der Waals surface area (Å²) in [6.07, 6.45) is 4.21. The van der Waals surface area contributed by atoms with Gasteiger partial charge in [-0.15, -0.1) is 0 Å². The lowest BCUT2D eigenvalue weighted by molar-refractivity contribution is -0.385. The average Bonchev–Trinajstić information content (AvgIpc) is 3.06. The van der Waals surface area contributed by atoms with Crippen molar-refractivity contribution in [3.8, 4) is 11.5 Å². The standard InChI is InChI=1S/C33H26N6O6S2/c34-32-36-26(20-3-7-22(8-4-20)38(42)43)16-30(46-32)24-14-18(1-11-28(24)40)13-19-2-12-29(41)25(15-19)31-17-27(37-33(35)47-31)21-5-9-23(10-6-21)39(44)45/h1-12,14-17,30-31,40-41H,13H2,(H2,34,36)(H2,35,37). The van der Waals surface area contributed by atoms with Crippen molar-refractivity contribution in [1.82, 2.24) is 0 Å². The van der Waals surface area contributed by atoms with Gasteiger partial charge in [0.05, 0.1) is 31.7 Å². The molecule has 4 aromatic carbocycles. The summed E-state index contributed by atoms with van der Waals surface area (Å²) in [6.45, 7) is 0. The Kier molecular flexibility index (Phi) is 8.70. The quantitative estimate of drug-likeness (QED) is 0.114. The summed E-state index contributed by atoms with van der Waals surface area (Å²) in [5.41, 5.74) is 17.7. The lowest BCUT2D eigenvalue weighted by Crippen LogP contribution is -2.13. The number of aromatic hydroxyl groups is 2. The van der Waals surface area contributed by atoms with Crippen LogP contribution < -0.4 is 11.5 Å². The van der Waals surface area contributed by atoms with E-state index < -0.39 is 9.85 Å². The second-order valence-corrected chi connectivity index (χ2v) is 13.0. The summed E-state index contributed by atoms with van der Waals surface area (Å²) in [6, 6.07) is 22.8. The van der Waals surface area contributed by atoms with Gasteiger partial charge in [0.1, 0.15) is 11.5 Å². The van der Waals surface area contributed by atoms with Crippen LogP contribution in [0.1, 0.15) is 43.9 Å². The van der Waals surface area contributed by atoms with Gasteiger partial charge in [0.15, 0.2) is 10.3 Å². The SMILES string of the molecule is NC1=NC(c2ccc([N+](=O)[O-])cc2)=CC(c2cc(Cc3ccc(O)c(C4C=C(c5ccc([N+](=O)[O-])cc5)N=C(N)S4)c3)ccc2O)S1. The van der Waals surface area contributed by atoms with Crippen LogP contribution in [0.3, 0.4) is 0 Å². The highest BCUT2D eigenvalue weighted by atomic mass is 32.2. The van der Waals surface area contributed by atoms with Crippen molar-refractivity contribution >= 4 is 56.6 Å². The molecular formula is C33H26N6O6S2. The Balaban J connectivity index is 1.26. The molecule has 2 heterocycles. The smallest absolute Gasteiger partial charge is 0.269 e. The van der Waals surface area contributed by atoms with Crippen LogP contribution in [0.2, 0.25) is 0 Å². The summed E-state index contributed by atoms with van der Waals surface area (Å²) in [4.78, 5) is 30.0. The van der Waals surface area contributed by atoms with Gasteiger partial charge in [-0.3, -0.25) is 20.2 Å². The molecule has 0 saturated carbocycles. The van der Waals surface area contributed by atoms with E-state index in [9.17, 15) is 30.4 Å². The number of benzene rings is 4. The molecule has 0 aliphatic carbocycles. The van der Waals surface area contributed by atoms with Crippen molar-refractivity contribution in [2.75, 3.05) is 0 Å². The van der Waals surface area contributed by atoms with Crippen LogP contribution in [0.15, 0.2) is 107 Å². The highest BCUT2D eigenvalue weighted by Crippen LogP contribution is 2.43. The minimum absolute atomic E-state index is 0.0320. The molecule has 0 bridgehead atoms. The molecule has 2 aliphatic rings. The first kappa shape index (κ1) is 31.4. The van der Waals surface area contributed by atoms with Crippen LogP contribution in [0.5, 0.6) is 11.5 Å². The summed E-state index contributed by atoms with van der Waals surface area (Å²) < 4.78 is 0.